The average Bonchev–Trinajstić information content (AvgIpc) is 2.90. The lowest BCUT2D eigenvalue weighted by atomic mass is 10.0. The van der Waals surface area contributed by atoms with Crippen LogP contribution in [0, 0.1) is 0 Å². The fraction of sp³-hybridized carbons (Fsp3) is 0.316. The van der Waals surface area contributed by atoms with E-state index in [1.807, 2.05) is 36.4 Å². The van der Waals surface area contributed by atoms with E-state index in [2.05, 4.69) is 5.32 Å². The molecule has 2 aromatic carbocycles. The predicted molar refractivity (Wildman–Crippen MR) is 86.6 cm³/mol. The van der Waals surface area contributed by atoms with Crippen LogP contribution in [-0.4, -0.2) is 23.7 Å². The van der Waals surface area contributed by atoms with Crippen molar-refractivity contribution in [2.75, 3.05) is 6.61 Å². The van der Waals surface area contributed by atoms with Crippen LogP contribution in [0.1, 0.15) is 39.5 Å². The third-order valence-corrected chi connectivity index (χ3v) is 4.66. The Balaban J connectivity index is 1.56. The minimum absolute atomic E-state index is 0.154. The second kappa shape index (κ2) is 5.70. The number of rotatable bonds is 2. The van der Waals surface area contributed by atoms with E-state index in [0.29, 0.717) is 12.0 Å². The summed E-state index contributed by atoms with van der Waals surface area (Å²) >= 11 is 0. The van der Waals surface area contributed by atoms with Crippen LogP contribution in [0.2, 0.25) is 0 Å². The van der Waals surface area contributed by atoms with Crippen LogP contribution >= 0.6 is 0 Å². The third kappa shape index (κ3) is 2.59. The molecule has 1 aliphatic heterocycles. The first-order chi connectivity index (χ1) is 11.2. The molecule has 0 saturated heterocycles. The van der Waals surface area contributed by atoms with Gasteiger partial charge in [0.25, 0.3) is 5.91 Å². The van der Waals surface area contributed by atoms with Crippen molar-refractivity contribution < 1.29 is 14.6 Å². The number of hydrogen-bond acceptors (Lipinski definition) is 3. The molecule has 4 rings (SSSR count). The van der Waals surface area contributed by atoms with Gasteiger partial charge in [-0.3, -0.25) is 4.79 Å². The van der Waals surface area contributed by atoms with Crippen molar-refractivity contribution >= 4 is 5.91 Å². The quantitative estimate of drug-likeness (QED) is 0.895. The highest BCUT2D eigenvalue weighted by atomic mass is 16.5. The molecule has 118 valence electrons. The minimum atomic E-state index is -0.572. The maximum Gasteiger partial charge on any atom is 0.251 e. The molecule has 0 fully saturated rings. The highest BCUT2D eigenvalue weighted by molar-refractivity contribution is 5.95. The first kappa shape index (κ1) is 14.3. The zero-order valence-electron chi connectivity index (χ0n) is 12.8. The Labute approximate surface area is 135 Å². The minimum Gasteiger partial charge on any atom is -0.493 e. The molecule has 0 bridgehead atoms. The van der Waals surface area contributed by atoms with Crippen molar-refractivity contribution in [2.24, 2.45) is 0 Å². The molecule has 23 heavy (non-hydrogen) atoms. The molecule has 0 radical (unpaired) electrons. The van der Waals surface area contributed by atoms with Crippen LogP contribution in [0.4, 0.5) is 0 Å². The van der Waals surface area contributed by atoms with Crippen molar-refractivity contribution in [1.29, 1.82) is 0 Å². The highest BCUT2D eigenvalue weighted by Gasteiger charge is 2.32. The Kier molecular flexibility index (Phi) is 3.54. The fourth-order valence-electron chi connectivity index (χ4n) is 3.47. The summed E-state index contributed by atoms with van der Waals surface area (Å²) in [6, 6.07) is 13.1. The van der Waals surface area contributed by atoms with E-state index in [0.717, 1.165) is 41.9 Å². The molecule has 2 aromatic rings. The van der Waals surface area contributed by atoms with E-state index in [4.69, 9.17) is 4.74 Å². The number of hydrogen-bond donors (Lipinski definition) is 2. The normalized spacial score (nSPS) is 22.0. The molecule has 0 saturated carbocycles. The van der Waals surface area contributed by atoms with E-state index >= 15 is 0 Å². The number of aryl methyl sites for hydroxylation is 1. The Morgan fingerprint density at radius 1 is 1.17 bits per heavy atom. The second-order valence-electron chi connectivity index (χ2n) is 6.20. The number of aliphatic hydroxyl groups excluding tert-OH is 1. The van der Waals surface area contributed by atoms with Gasteiger partial charge in [0.1, 0.15) is 5.75 Å². The van der Waals surface area contributed by atoms with E-state index in [1.165, 1.54) is 0 Å². The zero-order chi connectivity index (χ0) is 15.8. The summed E-state index contributed by atoms with van der Waals surface area (Å²) in [6.45, 7) is 0.740. The maximum atomic E-state index is 12.6. The van der Waals surface area contributed by atoms with Crippen molar-refractivity contribution in [1.82, 2.24) is 5.32 Å². The van der Waals surface area contributed by atoms with Crippen molar-refractivity contribution in [3.63, 3.8) is 0 Å². The lowest BCUT2D eigenvalue weighted by Crippen LogP contribution is -2.34. The Morgan fingerprint density at radius 2 is 2.04 bits per heavy atom. The molecule has 1 heterocycles. The molecule has 0 unspecified atom stereocenters. The molecular weight excluding hydrogens is 290 g/mol. The second-order valence-corrected chi connectivity index (χ2v) is 6.20. The number of nitrogens with one attached hydrogen (secondary N) is 1. The molecule has 1 aliphatic carbocycles. The van der Waals surface area contributed by atoms with Gasteiger partial charge < -0.3 is 15.2 Å². The van der Waals surface area contributed by atoms with Gasteiger partial charge in [-0.1, -0.05) is 24.3 Å². The lowest BCUT2D eigenvalue weighted by molar-refractivity contribution is 0.0858. The smallest absolute Gasteiger partial charge is 0.251 e. The summed E-state index contributed by atoms with van der Waals surface area (Å²) < 4.78 is 5.58. The molecule has 4 heteroatoms. The van der Waals surface area contributed by atoms with Gasteiger partial charge >= 0.3 is 0 Å². The van der Waals surface area contributed by atoms with Gasteiger partial charge in [0.15, 0.2) is 0 Å². The number of carbonyl (C=O) groups is 1. The molecular formula is C19H19NO3. The van der Waals surface area contributed by atoms with Crippen LogP contribution in [-0.2, 0) is 12.8 Å². The first-order valence-corrected chi connectivity index (χ1v) is 8.05. The van der Waals surface area contributed by atoms with E-state index in [1.54, 1.807) is 6.07 Å². The van der Waals surface area contributed by atoms with Gasteiger partial charge in [-0.25, -0.2) is 0 Å². The molecule has 2 atom stereocenters. The van der Waals surface area contributed by atoms with Crippen LogP contribution in [0.3, 0.4) is 0 Å². The zero-order valence-corrected chi connectivity index (χ0v) is 12.8. The fourth-order valence-corrected chi connectivity index (χ4v) is 3.47. The molecule has 2 N–H and O–H groups in total. The van der Waals surface area contributed by atoms with Gasteiger partial charge in [0, 0.05) is 12.0 Å². The Bertz CT molecular complexity index is 756. The van der Waals surface area contributed by atoms with Gasteiger partial charge in [0.2, 0.25) is 0 Å². The number of fused-ring (bicyclic) bond motifs is 2. The SMILES string of the molecule is O=C(N[C@H]1c2ccccc2C[C@H]1O)c1ccc2c(c1)CCCO2. The number of amides is 1. The van der Waals surface area contributed by atoms with Gasteiger partial charge in [-0.2, -0.15) is 0 Å². The standard InChI is InChI=1S/C19H19NO3/c21-16-11-12-4-1-2-6-15(12)18(16)20-19(22)14-7-8-17-13(10-14)5-3-9-23-17/h1-2,4,6-8,10,16,18,21H,3,5,9,11H2,(H,20,22)/t16-,18+/m1/s1. The summed E-state index contributed by atoms with van der Waals surface area (Å²) in [5.74, 6) is 0.721. The molecule has 0 spiro atoms. The van der Waals surface area contributed by atoms with Gasteiger partial charge in [-0.15, -0.1) is 0 Å². The number of aliphatic hydroxyl groups is 1. The Morgan fingerprint density at radius 3 is 2.96 bits per heavy atom. The van der Waals surface area contributed by atoms with Crippen LogP contribution in [0.25, 0.3) is 0 Å². The Hall–Kier alpha value is -2.33. The molecule has 2 aliphatic rings. The summed E-state index contributed by atoms with van der Waals surface area (Å²) in [6.07, 6.45) is 1.93. The topological polar surface area (TPSA) is 58.6 Å². The van der Waals surface area contributed by atoms with Crippen LogP contribution in [0.5, 0.6) is 5.75 Å². The summed E-state index contributed by atoms with van der Waals surface area (Å²) in [4.78, 5) is 12.6. The van der Waals surface area contributed by atoms with E-state index in [-0.39, 0.29) is 11.9 Å². The van der Waals surface area contributed by atoms with Crippen molar-refractivity contribution in [3.05, 3.63) is 64.7 Å². The van der Waals surface area contributed by atoms with Crippen LogP contribution < -0.4 is 10.1 Å². The van der Waals surface area contributed by atoms with Crippen molar-refractivity contribution in [2.45, 2.75) is 31.4 Å². The monoisotopic (exact) mass is 309 g/mol. The predicted octanol–water partition coefficient (Wildman–Crippen LogP) is 2.40. The highest BCUT2D eigenvalue weighted by Crippen LogP contribution is 2.32. The van der Waals surface area contributed by atoms with E-state index < -0.39 is 6.10 Å². The largest absolute Gasteiger partial charge is 0.493 e. The molecule has 0 aromatic heterocycles. The summed E-state index contributed by atoms with van der Waals surface area (Å²) in [5, 5.41) is 13.2. The van der Waals surface area contributed by atoms with Crippen molar-refractivity contribution in [3.8, 4) is 5.75 Å². The number of carbonyl (C=O) groups excluding carboxylic acids is 1. The first-order valence-electron chi connectivity index (χ1n) is 8.05. The summed E-state index contributed by atoms with van der Waals surface area (Å²) in [5.41, 5.74) is 3.81. The number of ether oxygens (including phenoxy) is 1. The third-order valence-electron chi connectivity index (χ3n) is 4.66. The average molecular weight is 309 g/mol. The van der Waals surface area contributed by atoms with E-state index in [9.17, 15) is 9.90 Å². The lowest BCUT2D eigenvalue weighted by Gasteiger charge is -2.20. The van der Waals surface area contributed by atoms with Crippen LogP contribution in [0.15, 0.2) is 42.5 Å². The maximum absolute atomic E-state index is 12.6. The number of benzene rings is 2. The van der Waals surface area contributed by atoms with Gasteiger partial charge in [0.05, 0.1) is 18.8 Å². The van der Waals surface area contributed by atoms with Gasteiger partial charge in [-0.05, 0) is 47.7 Å². The molecule has 1 amide bonds. The molecule has 4 nitrogen and oxygen atoms in total. The summed E-state index contributed by atoms with van der Waals surface area (Å²) in [7, 11) is 0.